The monoisotopic (exact) mass is 340 g/mol. The molecule has 23 heavy (non-hydrogen) atoms. The van der Waals surface area contributed by atoms with Crippen molar-refractivity contribution in [3.05, 3.63) is 53.7 Å². The van der Waals surface area contributed by atoms with E-state index < -0.39 is 29.2 Å². The van der Waals surface area contributed by atoms with E-state index in [1.54, 1.807) is 6.07 Å². The fraction of sp³-hybridized carbons (Fsp3) is 0.200. The summed E-state index contributed by atoms with van der Waals surface area (Å²) < 4.78 is 43.1. The molecule has 1 N–H and O–H groups in total. The van der Waals surface area contributed by atoms with Crippen molar-refractivity contribution in [1.29, 1.82) is 0 Å². The molecule has 0 radical (unpaired) electrons. The molecule has 2 aromatic rings. The summed E-state index contributed by atoms with van der Waals surface area (Å²) in [7, 11) is 0. The van der Waals surface area contributed by atoms with Gasteiger partial charge in [0.1, 0.15) is 17.4 Å². The van der Waals surface area contributed by atoms with Gasteiger partial charge in [-0.05, 0) is 18.2 Å². The van der Waals surface area contributed by atoms with Gasteiger partial charge in [0, 0.05) is 23.5 Å². The highest BCUT2D eigenvalue weighted by Crippen LogP contribution is 2.37. The number of carbonyl (C=O) groups is 1. The Morgan fingerprint density at radius 1 is 1.26 bits per heavy atom. The first-order chi connectivity index (χ1) is 10.9. The quantitative estimate of drug-likeness (QED) is 0.868. The van der Waals surface area contributed by atoms with Crippen LogP contribution in [0, 0.1) is 0 Å². The molecule has 120 valence electrons. The summed E-state index contributed by atoms with van der Waals surface area (Å²) >= 11 is -0.404. The van der Waals surface area contributed by atoms with E-state index in [1.165, 1.54) is 18.3 Å². The van der Waals surface area contributed by atoms with Gasteiger partial charge in [-0.15, -0.1) is 0 Å². The number of nitrogens with zero attached hydrogens (tertiary/aromatic N) is 1. The minimum Gasteiger partial charge on any atom is -0.491 e. The number of rotatable bonds is 3. The van der Waals surface area contributed by atoms with E-state index in [0.717, 1.165) is 5.56 Å². The largest absolute Gasteiger partial charge is 0.491 e. The molecule has 8 heteroatoms. The van der Waals surface area contributed by atoms with E-state index in [4.69, 9.17) is 4.74 Å². The number of benzene rings is 1. The van der Waals surface area contributed by atoms with Crippen LogP contribution in [-0.4, -0.2) is 23.0 Å². The fourth-order valence-electron chi connectivity index (χ4n) is 2.27. The van der Waals surface area contributed by atoms with Gasteiger partial charge in [-0.3, -0.25) is 4.79 Å². The van der Waals surface area contributed by atoms with Crippen molar-refractivity contribution in [2.75, 3.05) is 6.61 Å². The SMILES string of the molecule is O=C(N[C@H]1COc2ccccc21)c1cccnc1SC(F)(F)F. The lowest BCUT2D eigenvalue weighted by Gasteiger charge is -2.14. The van der Waals surface area contributed by atoms with Crippen molar-refractivity contribution in [3.8, 4) is 5.75 Å². The van der Waals surface area contributed by atoms with Crippen molar-refractivity contribution < 1.29 is 22.7 Å². The lowest BCUT2D eigenvalue weighted by Crippen LogP contribution is -2.30. The number of amides is 1. The van der Waals surface area contributed by atoms with Crippen LogP contribution in [0.15, 0.2) is 47.6 Å². The number of fused-ring (bicyclic) bond motifs is 1. The minimum absolute atomic E-state index is 0.112. The van der Waals surface area contributed by atoms with Gasteiger partial charge >= 0.3 is 5.51 Å². The number of para-hydroxylation sites is 1. The van der Waals surface area contributed by atoms with Crippen LogP contribution in [0.25, 0.3) is 0 Å². The standard InChI is InChI=1S/C15H11F3N2O2S/c16-15(17,18)23-14-10(5-3-7-19-14)13(21)20-11-8-22-12-6-2-1-4-9(11)12/h1-7,11H,8H2,(H,20,21)/t11-/m0/s1. The maximum Gasteiger partial charge on any atom is 0.447 e. The lowest BCUT2D eigenvalue weighted by atomic mass is 10.1. The summed E-state index contributed by atoms with van der Waals surface area (Å²) in [6.07, 6.45) is 1.22. The number of aromatic nitrogens is 1. The highest BCUT2D eigenvalue weighted by atomic mass is 32.2. The summed E-state index contributed by atoms with van der Waals surface area (Å²) in [5.74, 6) is 0.0454. The maximum atomic E-state index is 12.6. The predicted octanol–water partition coefficient (Wildman–Crippen LogP) is 3.56. The molecule has 1 aromatic heterocycles. The predicted molar refractivity (Wildman–Crippen MR) is 78.3 cm³/mol. The van der Waals surface area contributed by atoms with Crippen LogP contribution in [0.3, 0.4) is 0 Å². The first-order valence-electron chi connectivity index (χ1n) is 6.67. The van der Waals surface area contributed by atoms with Crippen molar-refractivity contribution in [2.24, 2.45) is 0 Å². The zero-order valence-corrected chi connectivity index (χ0v) is 12.4. The topological polar surface area (TPSA) is 51.2 Å². The van der Waals surface area contributed by atoms with Crippen molar-refractivity contribution in [1.82, 2.24) is 10.3 Å². The van der Waals surface area contributed by atoms with Crippen LogP contribution in [0.2, 0.25) is 0 Å². The summed E-state index contributed by atoms with van der Waals surface area (Å²) in [6, 6.07) is 9.54. The molecule has 0 fully saturated rings. The molecule has 0 bridgehead atoms. The Morgan fingerprint density at radius 2 is 2.04 bits per heavy atom. The molecule has 3 rings (SSSR count). The van der Waals surface area contributed by atoms with E-state index in [-0.39, 0.29) is 17.2 Å². The Kier molecular flexibility index (Phi) is 4.16. The van der Waals surface area contributed by atoms with Crippen LogP contribution in [0.5, 0.6) is 5.75 Å². The van der Waals surface area contributed by atoms with Gasteiger partial charge in [-0.2, -0.15) is 13.2 Å². The fourth-order valence-corrected chi connectivity index (χ4v) is 2.88. The van der Waals surface area contributed by atoms with E-state index in [1.807, 2.05) is 18.2 Å². The van der Waals surface area contributed by atoms with Crippen LogP contribution >= 0.6 is 11.8 Å². The van der Waals surface area contributed by atoms with Crippen molar-refractivity contribution in [3.63, 3.8) is 0 Å². The average Bonchev–Trinajstić information content (AvgIpc) is 2.89. The number of pyridine rings is 1. The third kappa shape index (κ3) is 3.58. The number of hydrogen-bond donors (Lipinski definition) is 1. The van der Waals surface area contributed by atoms with Gasteiger partial charge in [0.15, 0.2) is 0 Å². The molecule has 1 aromatic carbocycles. The third-order valence-corrected chi connectivity index (χ3v) is 3.98. The second-order valence-electron chi connectivity index (χ2n) is 4.78. The molecule has 1 amide bonds. The molecule has 2 heterocycles. The Bertz CT molecular complexity index is 737. The molecular formula is C15H11F3N2O2S. The molecule has 0 aliphatic carbocycles. The summed E-state index contributed by atoms with van der Waals surface area (Å²) in [6.45, 7) is 0.243. The first-order valence-corrected chi connectivity index (χ1v) is 7.49. The lowest BCUT2D eigenvalue weighted by molar-refractivity contribution is -0.0329. The second-order valence-corrected chi connectivity index (χ2v) is 5.83. The van der Waals surface area contributed by atoms with Crippen molar-refractivity contribution in [2.45, 2.75) is 16.6 Å². The number of hydrogen-bond acceptors (Lipinski definition) is 4. The zero-order chi connectivity index (χ0) is 16.4. The van der Waals surface area contributed by atoms with Gasteiger partial charge in [0.2, 0.25) is 0 Å². The zero-order valence-electron chi connectivity index (χ0n) is 11.6. The first kappa shape index (κ1) is 15.7. The minimum atomic E-state index is -4.51. The number of alkyl halides is 3. The average molecular weight is 340 g/mol. The molecule has 0 saturated heterocycles. The summed E-state index contributed by atoms with van der Waals surface area (Å²) in [5.41, 5.74) is -3.82. The molecule has 1 aliphatic heterocycles. The summed E-state index contributed by atoms with van der Waals surface area (Å²) in [5, 5.41) is 2.32. The van der Waals surface area contributed by atoms with E-state index >= 15 is 0 Å². The van der Waals surface area contributed by atoms with E-state index in [9.17, 15) is 18.0 Å². The highest BCUT2D eigenvalue weighted by molar-refractivity contribution is 8.00. The number of nitrogens with one attached hydrogen (secondary N) is 1. The Hall–Kier alpha value is -2.22. The molecular weight excluding hydrogens is 329 g/mol. The molecule has 1 aliphatic rings. The maximum absolute atomic E-state index is 12.6. The molecule has 0 saturated carbocycles. The molecule has 4 nitrogen and oxygen atoms in total. The highest BCUT2D eigenvalue weighted by Gasteiger charge is 2.33. The Labute approximate surface area is 134 Å². The second kappa shape index (κ2) is 6.11. The van der Waals surface area contributed by atoms with Crippen molar-refractivity contribution >= 4 is 17.7 Å². The smallest absolute Gasteiger partial charge is 0.447 e. The van der Waals surface area contributed by atoms with Crippen LogP contribution in [-0.2, 0) is 0 Å². The number of carbonyl (C=O) groups excluding carboxylic acids is 1. The van der Waals surface area contributed by atoms with Gasteiger partial charge in [0.25, 0.3) is 5.91 Å². The number of halogens is 3. The van der Waals surface area contributed by atoms with Crippen LogP contribution in [0.4, 0.5) is 13.2 Å². The van der Waals surface area contributed by atoms with E-state index in [2.05, 4.69) is 10.3 Å². The molecule has 0 unspecified atom stereocenters. The van der Waals surface area contributed by atoms with Gasteiger partial charge < -0.3 is 10.1 Å². The van der Waals surface area contributed by atoms with E-state index in [0.29, 0.717) is 5.75 Å². The van der Waals surface area contributed by atoms with Gasteiger partial charge in [0.05, 0.1) is 11.6 Å². The normalized spacial score (nSPS) is 16.6. The molecule has 1 atom stereocenters. The number of ether oxygens (including phenoxy) is 1. The van der Waals surface area contributed by atoms with Gasteiger partial charge in [-0.25, -0.2) is 4.98 Å². The number of thioether (sulfide) groups is 1. The molecule has 0 spiro atoms. The Balaban J connectivity index is 1.80. The van der Waals surface area contributed by atoms with Crippen LogP contribution < -0.4 is 10.1 Å². The van der Waals surface area contributed by atoms with Gasteiger partial charge in [-0.1, -0.05) is 18.2 Å². The summed E-state index contributed by atoms with van der Waals surface area (Å²) in [4.78, 5) is 16.0. The Morgan fingerprint density at radius 3 is 2.83 bits per heavy atom. The van der Waals surface area contributed by atoms with Crippen LogP contribution in [0.1, 0.15) is 22.0 Å². The third-order valence-electron chi connectivity index (χ3n) is 3.23.